The molecule has 120 valence electrons. The van der Waals surface area contributed by atoms with E-state index in [4.69, 9.17) is 16.0 Å². The van der Waals surface area contributed by atoms with Gasteiger partial charge in [0.25, 0.3) is 5.69 Å². The Morgan fingerprint density at radius 1 is 1.12 bits per heavy atom. The molecule has 7 heteroatoms. The fourth-order valence-electron chi connectivity index (χ4n) is 2.05. The standard InChI is InChI=1S/C17H12ClN3O3/c18-13-2-1-3-14(10-13)20-19-11-16-8-9-17(24-16)12-4-6-15(7-5-12)21(22)23/h1-11,20H/b19-11+. The van der Waals surface area contributed by atoms with Crippen LogP contribution in [-0.2, 0) is 0 Å². The first-order chi connectivity index (χ1) is 11.6. The fraction of sp³-hybridized carbons (Fsp3) is 0. The third kappa shape index (κ3) is 3.80. The summed E-state index contributed by atoms with van der Waals surface area (Å²) in [6.45, 7) is 0. The Hall–Kier alpha value is -3.12. The average molecular weight is 342 g/mol. The van der Waals surface area contributed by atoms with Crippen molar-refractivity contribution in [3.63, 3.8) is 0 Å². The lowest BCUT2D eigenvalue weighted by molar-refractivity contribution is -0.384. The van der Waals surface area contributed by atoms with Crippen molar-refractivity contribution < 1.29 is 9.34 Å². The smallest absolute Gasteiger partial charge is 0.269 e. The number of hydrogen-bond donors (Lipinski definition) is 1. The summed E-state index contributed by atoms with van der Waals surface area (Å²) in [6.07, 6.45) is 1.54. The number of anilines is 1. The largest absolute Gasteiger partial charge is 0.455 e. The van der Waals surface area contributed by atoms with E-state index in [-0.39, 0.29) is 5.69 Å². The van der Waals surface area contributed by atoms with E-state index < -0.39 is 4.92 Å². The molecule has 2 aromatic carbocycles. The molecule has 0 saturated carbocycles. The van der Waals surface area contributed by atoms with Gasteiger partial charge in [-0.3, -0.25) is 15.5 Å². The Kier molecular flexibility index (Phi) is 4.58. The van der Waals surface area contributed by atoms with Gasteiger partial charge in [-0.15, -0.1) is 0 Å². The zero-order chi connectivity index (χ0) is 16.9. The first kappa shape index (κ1) is 15.8. The van der Waals surface area contributed by atoms with E-state index in [1.807, 2.05) is 12.1 Å². The number of non-ortho nitro benzene ring substituents is 1. The van der Waals surface area contributed by atoms with E-state index in [1.54, 1.807) is 36.4 Å². The second-order valence-corrected chi connectivity index (χ2v) is 5.32. The van der Waals surface area contributed by atoms with Crippen molar-refractivity contribution in [2.75, 3.05) is 5.43 Å². The number of nitrogens with zero attached hydrogens (tertiary/aromatic N) is 2. The quantitative estimate of drug-likeness (QED) is 0.404. The molecule has 3 aromatic rings. The number of hydrogen-bond acceptors (Lipinski definition) is 5. The zero-order valence-electron chi connectivity index (χ0n) is 12.3. The van der Waals surface area contributed by atoms with Gasteiger partial charge in [0, 0.05) is 22.7 Å². The highest BCUT2D eigenvalue weighted by molar-refractivity contribution is 6.30. The van der Waals surface area contributed by atoms with E-state index in [0.29, 0.717) is 16.5 Å². The van der Waals surface area contributed by atoms with Crippen LogP contribution in [0.25, 0.3) is 11.3 Å². The Morgan fingerprint density at radius 3 is 2.62 bits per heavy atom. The van der Waals surface area contributed by atoms with Crippen molar-refractivity contribution in [2.24, 2.45) is 5.10 Å². The molecule has 0 unspecified atom stereocenters. The van der Waals surface area contributed by atoms with Gasteiger partial charge in [-0.25, -0.2) is 0 Å². The summed E-state index contributed by atoms with van der Waals surface area (Å²) >= 11 is 5.89. The van der Waals surface area contributed by atoms with Gasteiger partial charge in [-0.05, 0) is 42.5 Å². The van der Waals surface area contributed by atoms with Gasteiger partial charge in [-0.1, -0.05) is 17.7 Å². The molecular weight excluding hydrogens is 330 g/mol. The molecule has 0 fully saturated rings. The van der Waals surface area contributed by atoms with E-state index >= 15 is 0 Å². The Balaban J connectivity index is 1.69. The summed E-state index contributed by atoms with van der Waals surface area (Å²) in [6, 6.07) is 16.9. The second kappa shape index (κ2) is 6.97. The number of rotatable bonds is 5. The molecule has 0 aliphatic carbocycles. The number of hydrazone groups is 1. The third-order valence-corrected chi connectivity index (χ3v) is 3.43. The summed E-state index contributed by atoms with van der Waals surface area (Å²) < 4.78 is 5.65. The maximum Gasteiger partial charge on any atom is 0.269 e. The van der Waals surface area contributed by atoms with Crippen molar-refractivity contribution in [1.29, 1.82) is 0 Å². The van der Waals surface area contributed by atoms with Gasteiger partial charge >= 0.3 is 0 Å². The first-order valence-electron chi connectivity index (χ1n) is 7.01. The number of nitrogens with one attached hydrogen (secondary N) is 1. The highest BCUT2D eigenvalue weighted by Crippen LogP contribution is 2.24. The van der Waals surface area contributed by atoms with E-state index in [2.05, 4.69) is 10.5 Å². The van der Waals surface area contributed by atoms with Crippen LogP contribution >= 0.6 is 11.6 Å². The molecule has 6 nitrogen and oxygen atoms in total. The molecule has 24 heavy (non-hydrogen) atoms. The van der Waals surface area contributed by atoms with Crippen LogP contribution in [0.3, 0.4) is 0 Å². The Labute approximate surface area is 142 Å². The number of nitro benzene ring substituents is 1. The van der Waals surface area contributed by atoms with Crippen LogP contribution in [0.5, 0.6) is 0 Å². The number of nitro groups is 1. The minimum Gasteiger partial charge on any atom is -0.455 e. The normalized spacial score (nSPS) is 10.9. The number of furan rings is 1. The Bertz CT molecular complexity index is 888. The van der Waals surface area contributed by atoms with Crippen LogP contribution in [0.1, 0.15) is 5.76 Å². The van der Waals surface area contributed by atoms with Crippen LogP contribution in [0.2, 0.25) is 5.02 Å². The zero-order valence-corrected chi connectivity index (χ0v) is 13.1. The molecule has 0 aliphatic rings. The molecule has 0 aliphatic heterocycles. The van der Waals surface area contributed by atoms with Crippen molar-refractivity contribution in [2.45, 2.75) is 0 Å². The van der Waals surface area contributed by atoms with E-state index in [1.165, 1.54) is 18.3 Å². The number of benzene rings is 2. The molecule has 0 spiro atoms. The van der Waals surface area contributed by atoms with Crippen LogP contribution in [0.4, 0.5) is 11.4 Å². The SMILES string of the molecule is O=[N+]([O-])c1ccc(-c2ccc(/C=N/Nc3cccc(Cl)c3)o2)cc1. The van der Waals surface area contributed by atoms with Crippen molar-refractivity contribution in [3.05, 3.63) is 81.6 Å². The summed E-state index contributed by atoms with van der Waals surface area (Å²) in [4.78, 5) is 10.2. The van der Waals surface area contributed by atoms with Crippen molar-refractivity contribution >= 4 is 29.2 Å². The van der Waals surface area contributed by atoms with Gasteiger partial charge < -0.3 is 4.42 Å². The van der Waals surface area contributed by atoms with Gasteiger partial charge in [0.2, 0.25) is 0 Å². The van der Waals surface area contributed by atoms with E-state index in [0.717, 1.165) is 11.3 Å². The first-order valence-corrected chi connectivity index (χ1v) is 7.39. The van der Waals surface area contributed by atoms with Crippen LogP contribution in [-0.4, -0.2) is 11.1 Å². The van der Waals surface area contributed by atoms with Crippen molar-refractivity contribution in [1.82, 2.24) is 0 Å². The lowest BCUT2D eigenvalue weighted by atomic mass is 10.1. The predicted octanol–water partition coefficient (Wildman–Crippen LogP) is 4.95. The van der Waals surface area contributed by atoms with Gasteiger partial charge in [0.15, 0.2) is 0 Å². The summed E-state index contributed by atoms with van der Waals surface area (Å²) in [5.74, 6) is 1.16. The predicted molar refractivity (Wildman–Crippen MR) is 93.5 cm³/mol. The molecule has 0 saturated heterocycles. The van der Waals surface area contributed by atoms with Crippen LogP contribution in [0.15, 0.2) is 70.2 Å². The second-order valence-electron chi connectivity index (χ2n) is 4.89. The monoisotopic (exact) mass is 341 g/mol. The molecule has 3 rings (SSSR count). The summed E-state index contributed by atoms with van der Waals surface area (Å²) in [7, 11) is 0. The lowest BCUT2D eigenvalue weighted by Crippen LogP contribution is -1.89. The third-order valence-electron chi connectivity index (χ3n) is 3.20. The molecule has 0 atom stereocenters. The van der Waals surface area contributed by atoms with Crippen molar-refractivity contribution in [3.8, 4) is 11.3 Å². The average Bonchev–Trinajstić information content (AvgIpc) is 3.04. The number of halogens is 1. The maximum absolute atomic E-state index is 10.7. The molecule has 1 heterocycles. The summed E-state index contributed by atoms with van der Waals surface area (Å²) in [5, 5.41) is 15.4. The molecule has 0 bridgehead atoms. The Morgan fingerprint density at radius 2 is 1.92 bits per heavy atom. The minimum atomic E-state index is -0.439. The lowest BCUT2D eigenvalue weighted by Gasteiger charge is -1.99. The van der Waals surface area contributed by atoms with Crippen LogP contribution < -0.4 is 5.43 Å². The summed E-state index contributed by atoms with van der Waals surface area (Å²) in [5.41, 5.74) is 4.41. The molecule has 0 radical (unpaired) electrons. The maximum atomic E-state index is 10.7. The fourth-order valence-corrected chi connectivity index (χ4v) is 2.24. The van der Waals surface area contributed by atoms with Gasteiger partial charge in [0.05, 0.1) is 16.8 Å². The minimum absolute atomic E-state index is 0.0396. The molecule has 0 amide bonds. The highest BCUT2D eigenvalue weighted by atomic mass is 35.5. The molecular formula is C17H12ClN3O3. The van der Waals surface area contributed by atoms with Gasteiger partial charge in [-0.2, -0.15) is 5.10 Å². The topological polar surface area (TPSA) is 80.7 Å². The van der Waals surface area contributed by atoms with Crippen LogP contribution in [0, 0.1) is 10.1 Å². The highest BCUT2D eigenvalue weighted by Gasteiger charge is 2.07. The van der Waals surface area contributed by atoms with E-state index in [9.17, 15) is 10.1 Å². The molecule has 1 N–H and O–H groups in total. The molecule has 1 aromatic heterocycles. The van der Waals surface area contributed by atoms with Gasteiger partial charge in [0.1, 0.15) is 11.5 Å².